The van der Waals surface area contributed by atoms with E-state index < -0.39 is 0 Å². The molecule has 10 heteroatoms. The molecule has 1 aromatic heterocycles. The summed E-state index contributed by atoms with van der Waals surface area (Å²) in [4.78, 5) is 36.7. The van der Waals surface area contributed by atoms with Gasteiger partial charge in [-0.25, -0.2) is 9.97 Å². The average Bonchev–Trinajstić information content (AvgIpc) is 3.51. The van der Waals surface area contributed by atoms with Gasteiger partial charge in [0, 0.05) is 60.7 Å². The molecule has 1 saturated heterocycles. The third kappa shape index (κ3) is 7.01. The first-order chi connectivity index (χ1) is 19.8. The summed E-state index contributed by atoms with van der Waals surface area (Å²) in [6.45, 7) is 10.5. The molecule has 0 atom stereocenters. The highest BCUT2D eigenvalue weighted by Gasteiger charge is 2.27. The summed E-state index contributed by atoms with van der Waals surface area (Å²) in [5.41, 5.74) is 11.2. The van der Waals surface area contributed by atoms with Crippen molar-refractivity contribution in [3.05, 3.63) is 65.4 Å². The summed E-state index contributed by atoms with van der Waals surface area (Å²) in [6.07, 6.45) is 0.643. The van der Waals surface area contributed by atoms with Gasteiger partial charge in [-0.1, -0.05) is 38.1 Å². The van der Waals surface area contributed by atoms with Gasteiger partial charge in [0.1, 0.15) is 11.6 Å². The summed E-state index contributed by atoms with van der Waals surface area (Å²) in [5.74, 6) is 2.12. The van der Waals surface area contributed by atoms with Crippen LogP contribution in [0.4, 0.5) is 11.5 Å². The third-order valence-corrected chi connectivity index (χ3v) is 7.24. The molecule has 2 aromatic carbocycles. The summed E-state index contributed by atoms with van der Waals surface area (Å²) in [5, 5.41) is 6.35. The van der Waals surface area contributed by atoms with Crippen molar-refractivity contribution in [3.8, 4) is 17.1 Å². The molecular formula is C31H39N7O3. The largest absolute Gasteiger partial charge is 0.484 e. The fourth-order valence-corrected chi connectivity index (χ4v) is 5.11. The van der Waals surface area contributed by atoms with Gasteiger partial charge in [0.25, 0.3) is 5.91 Å². The van der Waals surface area contributed by atoms with Gasteiger partial charge in [0.15, 0.2) is 12.4 Å². The lowest BCUT2D eigenvalue weighted by Gasteiger charge is -2.31. The van der Waals surface area contributed by atoms with Crippen LogP contribution in [-0.4, -0.2) is 59.0 Å². The van der Waals surface area contributed by atoms with Crippen LogP contribution in [0.5, 0.6) is 5.75 Å². The van der Waals surface area contributed by atoms with Gasteiger partial charge in [-0.2, -0.15) is 0 Å². The number of anilines is 2. The lowest BCUT2D eigenvalue weighted by Crippen LogP contribution is -2.39. The normalized spacial score (nSPS) is 15.2. The highest BCUT2D eigenvalue weighted by Crippen LogP contribution is 2.31. The van der Waals surface area contributed by atoms with Crippen molar-refractivity contribution in [1.82, 2.24) is 31.0 Å². The minimum Gasteiger partial charge on any atom is -0.484 e. The molecule has 41 heavy (non-hydrogen) atoms. The Morgan fingerprint density at radius 3 is 2.51 bits per heavy atom. The van der Waals surface area contributed by atoms with Crippen LogP contribution in [-0.2, 0) is 22.6 Å². The fourth-order valence-electron chi connectivity index (χ4n) is 5.11. The molecule has 4 N–H and O–H groups in total. The maximum absolute atomic E-state index is 12.8. The topological polar surface area (TPSA) is 121 Å². The van der Waals surface area contributed by atoms with Gasteiger partial charge >= 0.3 is 0 Å². The van der Waals surface area contributed by atoms with Crippen LogP contribution < -0.4 is 26.2 Å². The van der Waals surface area contributed by atoms with Gasteiger partial charge in [0.05, 0.1) is 12.2 Å². The van der Waals surface area contributed by atoms with Crippen molar-refractivity contribution in [2.45, 2.75) is 52.6 Å². The Balaban J connectivity index is 1.43. The predicted octanol–water partition coefficient (Wildman–Crippen LogP) is 3.52. The van der Waals surface area contributed by atoms with Gasteiger partial charge in [-0.05, 0) is 43.7 Å². The first kappa shape index (κ1) is 28.5. The number of ether oxygens (including phenoxy) is 1. The van der Waals surface area contributed by atoms with E-state index in [0.717, 1.165) is 35.6 Å². The van der Waals surface area contributed by atoms with Crippen LogP contribution in [0.25, 0.3) is 11.4 Å². The lowest BCUT2D eigenvalue weighted by molar-refractivity contribution is -0.135. The van der Waals surface area contributed by atoms with Crippen molar-refractivity contribution in [3.63, 3.8) is 0 Å². The maximum atomic E-state index is 12.8. The number of aromatic nitrogens is 2. The lowest BCUT2D eigenvalue weighted by atomic mass is 10.00. The van der Waals surface area contributed by atoms with E-state index in [0.29, 0.717) is 42.8 Å². The zero-order valence-electron chi connectivity index (χ0n) is 24.2. The Kier molecular flexibility index (Phi) is 8.80. The second-order valence-corrected chi connectivity index (χ2v) is 11.2. The van der Waals surface area contributed by atoms with Crippen LogP contribution in [0.15, 0.2) is 48.5 Å². The fraction of sp³-hybridized carbons (Fsp3) is 0.419. The quantitative estimate of drug-likeness (QED) is 0.316. The predicted molar refractivity (Wildman–Crippen MR) is 159 cm³/mol. The van der Waals surface area contributed by atoms with E-state index in [1.165, 1.54) is 5.56 Å². The number of amides is 2. The van der Waals surface area contributed by atoms with Gasteiger partial charge in [-0.3, -0.25) is 20.4 Å². The van der Waals surface area contributed by atoms with Crippen LogP contribution in [0.3, 0.4) is 0 Å². The van der Waals surface area contributed by atoms with Crippen LogP contribution >= 0.6 is 0 Å². The number of hydrazine groups is 1. The summed E-state index contributed by atoms with van der Waals surface area (Å²) < 4.78 is 5.75. The molecule has 0 saturated carbocycles. The summed E-state index contributed by atoms with van der Waals surface area (Å²) in [7, 11) is 0. The Labute approximate surface area is 241 Å². The number of benzene rings is 2. The van der Waals surface area contributed by atoms with E-state index >= 15 is 0 Å². The van der Waals surface area contributed by atoms with Crippen molar-refractivity contribution in [1.29, 1.82) is 0 Å². The standard InChI is InChI=1S/C31H39N7O3/c1-19(2)31(40)38-13-12-27-26(17-38)30(35-24-10-8-21(9-11-24)23-15-32-33-16-23)37-29(36-27)22-6-5-7-25(14-22)41-18-28(39)34-20(3)4/h5-11,14,19-20,23,32-33H,12-13,15-18H2,1-4H3,(H,34,39)(H,35,36,37). The van der Waals surface area contributed by atoms with Crippen LogP contribution in [0, 0.1) is 5.92 Å². The number of rotatable bonds is 9. The molecule has 2 aliphatic rings. The smallest absolute Gasteiger partial charge is 0.258 e. The monoisotopic (exact) mass is 557 g/mol. The van der Waals surface area contributed by atoms with Crippen molar-refractivity contribution >= 4 is 23.3 Å². The SMILES string of the molecule is CC(C)NC(=O)COc1cccc(-c2nc3c(c(Nc4ccc(C5CNNC5)cc4)n2)CN(C(=O)C(C)C)CC3)c1. The van der Waals surface area contributed by atoms with Crippen molar-refractivity contribution in [2.24, 2.45) is 5.92 Å². The zero-order chi connectivity index (χ0) is 28.9. The molecule has 3 heterocycles. The number of hydrogen-bond acceptors (Lipinski definition) is 8. The van der Waals surface area contributed by atoms with Gasteiger partial charge in [0.2, 0.25) is 5.91 Å². The molecule has 2 aliphatic heterocycles. The molecular weight excluding hydrogens is 518 g/mol. The number of hydrogen-bond donors (Lipinski definition) is 4. The molecule has 10 nitrogen and oxygen atoms in total. The van der Waals surface area contributed by atoms with E-state index in [1.807, 2.05) is 56.9 Å². The minimum absolute atomic E-state index is 0.0481. The highest BCUT2D eigenvalue weighted by molar-refractivity contribution is 5.79. The van der Waals surface area contributed by atoms with E-state index in [-0.39, 0.29) is 30.4 Å². The van der Waals surface area contributed by atoms with Crippen molar-refractivity contribution in [2.75, 3.05) is 31.6 Å². The zero-order valence-corrected chi connectivity index (χ0v) is 24.2. The molecule has 216 valence electrons. The number of carbonyl (C=O) groups is 2. The Hall–Kier alpha value is -4.02. The minimum atomic E-state index is -0.172. The number of nitrogens with one attached hydrogen (secondary N) is 4. The Morgan fingerprint density at radius 2 is 1.80 bits per heavy atom. The molecule has 2 amide bonds. The molecule has 3 aromatic rings. The van der Waals surface area contributed by atoms with E-state index in [9.17, 15) is 9.59 Å². The number of fused-ring (bicyclic) bond motifs is 1. The van der Waals surface area contributed by atoms with Gasteiger partial charge < -0.3 is 20.3 Å². The summed E-state index contributed by atoms with van der Waals surface area (Å²) >= 11 is 0. The Morgan fingerprint density at radius 1 is 1.05 bits per heavy atom. The second-order valence-electron chi connectivity index (χ2n) is 11.2. The first-order valence-corrected chi connectivity index (χ1v) is 14.3. The molecule has 0 bridgehead atoms. The summed E-state index contributed by atoms with van der Waals surface area (Å²) in [6, 6.07) is 15.9. The van der Waals surface area contributed by atoms with Crippen LogP contribution in [0.1, 0.15) is 50.4 Å². The van der Waals surface area contributed by atoms with Crippen molar-refractivity contribution < 1.29 is 14.3 Å². The molecule has 0 radical (unpaired) electrons. The Bertz CT molecular complexity index is 1380. The molecule has 0 spiro atoms. The maximum Gasteiger partial charge on any atom is 0.258 e. The molecule has 5 rings (SSSR count). The van der Waals surface area contributed by atoms with Crippen LogP contribution in [0.2, 0.25) is 0 Å². The first-order valence-electron chi connectivity index (χ1n) is 14.3. The highest BCUT2D eigenvalue weighted by atomic mass is 16.5. The number of carbonyl (C=O) groups excluding carboxylic acids is 2. The van der Waals surface area contributed by atoms with Gasteiger partial charge in [-0.15, -0.1) is 0 Å². The van der Waals surface area contributed by atoms with E-state index in [1.54, 1.807) is 0 Å². The third-order valence-electron chi connectivity index (χ3n) is 7.24. The second kappa shape index (κ2) is 12.7. The number of nitrogens with zero attached hydrogens (tertiary/aromatic N) is 3. The van der Waals surface area contributed by atoms with E-state index in [2.05, 4.69) is 45.8 Å². The molecule has 1 fully saturated rings. The average molecular weight is 558 g/mol. The van der Waals surface area contributed by atoms with E-state index in [4.69, 9.17) is 14.7 Å². The molecule has 0 aliphatic carbocycles. The molecule has 0 unspecified atom stereocenters.